The number of nitrogens with one attached hydrogen (secondary N) is 3. The average molecular weight is 378 g/mol. The van der Waals surface area contributed by atoms with Crippen LogP contribution in [0.25, 0.3) is 0 Å². The van der Waals surface area contributed by atoms with Crippen molar-refractivity contribution >= 4 is 0 Å². The van der Waals surface area contributed by atoms with E-state index in [1.54, 1.807) is 0 Å². The molecule has 3 N–H and O–H groups in total. The van der Waals surface area contributed by atoms with E-state index in [-0.39, 0.29) is 0 Å². The summed E-state index contributed by atoms with van der Waals surface area (Å²) in [6, 6.07) is 0. The maximum Gasteiger partial charge on any atom is 0.0539 e. The molecule has 0 radical (unpaired) electrons. The summed E-state index contributed by atoms with van der Waals surface area (Å²) in [5.41, 5.74) is 3.05. The van der Waals surface area contributed by atoms with E-state index in [4.69, 9.17) is 0 Å². The molecule has 0 amide bonds. The molecular formula is C24H47N3. The summed E-state index contributed by atoms with van der Waals surface area (Å²) in [5, 5.41) is 9.62. The Morgan fingerprint density at radius 1 is 0.556 bits per heavy atom. The minimum Gasteiger partial charge on any atom is -0.390 e. The standard InChI is InChI=1S/C24H47N3/c1-6-7-8-9-10-11-12-13-14-15-16-17-18-19-22(2)26-21-24(4)27-20-23(3)25-5/h25-27H,2-4,6-21H2,1,5H3. The van der Waals surface area contributed by atoms with Gasteiger partial charge in [0.1, 0.15) is 0 Å². The van der Waals surface area contributed by atoms with Crippen LogP contribution in [0.2, 0.25) is 0 Å². The van der Waals surface area contributed by atoms with Gasteiger partial charge in [-0.05, 0) is 12.8 Å². The number of allylic oxidation sites excluding steroid dienone is 1. The van der Waals surface area contributed by atoms with Gasteiger partial charge in [-0.15, -0.1) is 0 Å². The highest BCUT2D eigenvalue weighted by Gasteiger charge is 1.98. The molecule has 0 unspecified atom stereocenters. The molecule has 0 rings (SSSR count). The van der Waals surface area contributed by atoms with Gasteiger partial charge in [0.05, 0.1) is 13.1 Å². The molecule has 0 aromatic rings. The third-order valence-corrected chi connectivity index (χ3v) is 5.04. The lowest BCUT2D eigenvalue weighted by Crippen LogP contribution is -2.27. The number of likely N-dealkylation sites (N-methyl/N-ethyl adjacent to an activating group) is 1. The first-order chi connectivity index (χ1) is 13.1. The molecule has 158 valence electrons. The molecule has 0 heterocycles. The van der Waals surface area contributed by atoms with Crippen LogP contribution in [0.3, 0.4) is 0 Å². The second-order valence-corrected chi connectivity index (χ2v) is 7.76. The van der Waals surface area contributed by atoms with Crippen molar-refractivity contribution in [3.8, 4) is 0 Å². The zero-order valence-corrected chi connectivity index (χ0v) is 18.4. The Kier molecular flexibility index (Phi) is 18.4. The molecule has 0 aliphatic heterocycles. The predicted molar refractivity (Wildman–Crippen MR) is 123 cm³/mol. The Morgan fingerprint density at radius 2 is 0.963 bits per heavy atom. The first-order valence-corrected chi connectivity index (χ1v) is 11.3. The van der Waals surface area contributed by atoms with Crippen LogP contribution in [0.1, 0.15) is 96.8 Å². The van der Waals surface area contributed by atoms with Crippen LogP contribution >= 0.6 is 0 Å². The minimum absolute atomic E-state index is 0.711. The van der Waals surface area contributed by atoms with Crippen LogP contribution in [0, 0.1) is 0 Å². The highest BCUT2D eigenvalue weighted by Crippen LogP contribution is 2.13. The van der Waals surface area contributed by atoms with Crippen LogP contribution in [0.15, 0.2) is 36.8 Å². The van der Waals surface area contributed by atoms with Crippen LogP contribution < -0.4 is 16.0 Å². The lowest BCUT2D eigenvalue weighted by molar-refractivity contribution is 0.537. The van der Waals surface area contributed by atoms with Crippen LogP contribution in [-0.2, 0) is 0 Å². The third kappa shape index (κ3) is 19.2. The van der Waals surface area contributed by atoms with Crippen molar-refractivity contribution in [2.24, 2.45) is 0 Å². The van der Waals surface area contributed by atoms with Crippen molar-refractivity contribution in [3.05, 3.63) is 36.8 Å². The van der Waals surface area contributed by atoms with Gasteiger partial charge in [-0.1, -0.05) is 104 Å². The SMILES string of the molecule is C=C(CNC(=C)CNC(=C)CCCCCCCCCCCCCCC)NC. The minimum atomic E-state index is 0.711. The van der Waals surface area contributed by atoms with Crippen LogP contribution in [0.5, 0.6) is 0 Å². The number of hydrogen-bond donors (Lipinski definition) is 3. The van der Waals surface area contributed by atoms with E-state index in [0.29, 0.717) is 6.54 Å². The van der Waals surface area contributed by atoms with E-state index in [9.17, 15) is 0 Å². The highest BCUT2D eigenvalue weighted by molar-refractivity contribution is 5.04. The van der Waals surface area contributed by atoms with Crippen molar-refractivity contribution < 1.29 is 0 Å². The van der Waals surface area contributed by atoms with Crippen molar-refractivity contribution in [1.82, 2.24) is 16.0 Å². The molecule has 3 nitrogen and oxygen atoms in total. The van der Waals surface area contributed by atoms with Gasteiger partial charge in [0.15, 0.2) is 0 Å². The average Bonchev–Trinajstić information content (AvgIpc) is 2.67. The van der Waals surface area contributed by atoms with E-state index < -0.39 is 0 Å². The van der Waals surface area contributed by atoms with Crippen molar-refractivity contribution in [2.45, 2.75) is 96.8 Å². The van der Waals surface area contributed by atoms with Gasteiger partial charge in [0.25, 0.3) is 0 Å². The zero-order chi connectivity index (χ0) is 20.2. The fourth-order valence-electron chi connectivity index (χ4n) is 3.06. The van der Waals surface area contributed by atoms with Gasteiger partial charge < -0.3 is 16.0 Å². The van der Waals surface area contributed by atoms with Gasteiger partial charge in [-0.25, -0.2) is 0 Å². The third-order valence-electron chi connectivity index (χ3n) is 5.04. The first kappa shape index (κ1) is 25.6. The van der Waals surface area contributed by atoms with Crippen LogP contribution in [-0.4, -0.2) is 20.1 Å². The quantitative estimate of drug-likeness (QED) is 0.202. The number of hydrogen-bond acceptors (Lipinski definition) is 3. The normalized spacial score (nSPS) is 10.4. The molecule has 0 aliphatic rings. The van der Waals surface area contributed by atoms with E-state index in [0.717, 1.165) is 30.1 Å². The largest absolute Gasteiger partial charge is 0.390 e. The zero-order valence-electron chi connectivity index (χ0n) is 18.4. The summed E-state index contributed by atoms with van der Waals surface area (Å²) < 4.78 is 0. The maximum atomic E-state index is 4.12. The van der Waals surface area contributed by atoms with Gasteiger partial charge in [0.2, 0.25) is 0 Å². The summed E-state index contributed by atoms with van der Waals surface area (Å²) in [5.74, 6) is 0. The predicted octanol–water partition coefficient (Wildman–Crippen LogP) is 6.41. The van der Waals surface area contributed by atoms with Crippen molar-refractivity contribution in [2.75, 3.05) is 20.1 Å². The lowest BCUT2D eigenvalue weighted by Gasteiger charge is -2.14. The Bertz CT molecular complexity index is 387. The van der Waals surface area contributed by atoms with Gasteiger partial charge in [-0.3, -0.25) is 0 Å². The Balaban J connectivity index is 3.31. The van der Waals surface area contributed by atoms with Gasteiger partial charge in [0, 0.05) is 24.1 Å². The summed E-state index contributed by atoms with van der Waals surface area (Å²) in [7, 11) is 1.88. The molecule has 0 fully saturated rings. The monoisotopic (exact) mass is 377 g/mol. The highest BCUT2D eigenvalue weighted by atomic mass is 15.0. The second kappa shape index (κ2) is 19.4. The summed E-state index contributed by atoms with van der Waals surface area (Å²) in [4.78, 5) is 0. The molecule has 0 saturated carbocycles. The summed E-state index contributed by atoms with van der Waals surface area (Å²) in [6.45, 7) is 15.8. The van der Waals surface area contributed by atoms with Gasteiger partial charge in [-0.2, -0.15) is 0 Å². The first-order valence-electron chi connectivity index (χ1n) is 11.3. The lowest BCUT2D eigenvalue weighted by atomic mass is 10.0. The van der Waals surface area contributed by atoms with E-state index in [1.807, 2.05) is 7.05 Å². The Labute approximate surface area is 170 Å². The molecule has 3 heteroatoms. The molecule has 0 bridgehead atoms. The van der Waals surface area contributed by atoms with Crippen molar-refractivity contribution in [1.29, 1.82) is 0 Å². The smallest absolute Gasteiger partial charge is 0.0539 e. The number of rotatable bonds is 21. The van der Waals surface area contributed by atoms with Gasteiger partial charge >= 0.3 is 0 Å². The second-order valence-electron chi connectivity index (χ2n) is 7.76. The molecular weight excluding hydrogens is 330 g/mol. The Morgan fingerprint density at radius 3 is 1.44 bits per heavy atom. The molecule has 27 heavy (non-hydrogen) atoms. The van der Waals surface area contributed by atoms with E-state index in [1.165, 1.54) is 83.5 Å². The fraction of sp³-hybridized carbons (Fsp3) is 0.750. The molecule has 0 aromatic carbocycles. The molecule has 0 atom stereocenters. The molecule has 0 aliphatic carbocycles. The van der Waals surface area contributed by atoms with E-state index in [2.05, 4.69) is 42.6 Å². The summed E-state index contributed by atoms with van der Waals surface area (Å²) >= 11 is 0. The molecule has 0 saturated heterocycles. The maximum absolute atomic E-state index is 4.12. The molecule has 0 spiro atoms. The van der Waals surface area contributed by atoms with E-state index >= 15 is 0 Å². The van der Waals surface area contributed by atoms with Crippen molar-refractivity contribution in [3.63, 3.8) is 0 Å². The fourth-order valence-corrected chi connectivity index (χ4v) is 3.06. The summed E-state index contributed by atoms with van der Waals surface area (Å²) in [6.07, 6.45) is 19.2. The molecule has 0 aromatic heterocycles. The topological polar surface area (TPSA) is 36.1 Å². The van der Waals surface area contributed by atoms with Crippen LogP contribution in [0.4, 0.5) is 0 Å². The number of unbranched alkanes of at least 4 members (excludes halogenated alkanes) is 12. The Hall–Kier alpha value is -1.38.